The Labute approximate surface area is 159 Å². The van der Waals surface area contributed by atoms with E-state index in [4.69, 9.17) is 15.8 Å². The van der Waals surface area contributed by atoms with E-state index in [0.29, 0.717) is 17.5 Å². The van der Waals surface area contributed by atoms with Crippen LogP contribution in [-0.2, 0) is 12.8 Å². The van der Waals surface area contributed by atoms with Gasteiger partial charge in [0.1, 0.15) is 11.4 Å². The van der Waals surface area contributed by atoms with E-state index in [9.17, 15) is 4.79 Å². The first-order chi connectivity index (χ1) is 13.7. The molecule has 2 aliphatic rings. The number of rotatable bonds is 4. The lowest BCUT2D eigenvalue weighted by Gasteiger charge is -2.10. The van der Waals surface area contributed by atoms with Crippen LogP contribution in [0.2, 0.25) is 0 Å². The molecule has 1 amide bonds. The molecule has 0 atom stereocenters. The van der Waals surface area contributed by atoms with Crippen molar-refractivity contribution in [3.63, 3.8) is 0 Å². The Morgan fingerprint density at radius 2 is 2.04 bits per heavy atom. The van der Waals surface area contributed by atoms with Gasteiger partial charge in [-0.2, -0.15) is 5.10 Å². The van der Waals surface area contributed by atoms with Crippen molar-refractivity contribution in [1.29, 1.82) is 0 Å². The Kier molecular flexibility index (Phi) is 3.06. The SMILES string of the molecule is NC(=O)c1cnc2ccc(-n3c(-c4ccn(C5CC5)n4)nc4c3CCC4)nn12. The summed E-state index contributed by atoms with van der Waals surface area (Å²) in [5, 5.41) is 9.41. The number of imidazole rings is 2. The van der Waals surface area contributed by atoms with Crippen LogP contribution < -0.4 is 5.73 Å². The second kappa shape index (κ2) is 5.51. The fourth-order valence-corrected chi connectivity index (χ4v) is 3.95. The lowest BCUT2D eigenvalue weighted by Crippen LogP contribution is -2.16. The van der Waals surface area contributed by atoms with E-state index in [-0.39, 0.29) is 5.69 Å². The zero-order chi connectivity index (χ0) is 18.8. The smallest absolute Gasteiger partial charge is 0.269 e. The number of fused-ring (bicyclic) bond motifs is 2. The number of aryl methyl sites for hydroxylation is 1. The molecule has 9 heteroatoms. The number of carbonyl (C=O) groups is 1. The molecule has 4 heterocycles. The van der Waals surface area contributed by atoms with Gasteiger partial charge in [-0.05, 0) is 50.3 Å². The van der Waals surface area contributed by atoms with Gasteiger partial charge >= 0.3 is 0 Å². The van der Waals surface area contributed by atoms with E-state index in [1.165, 1.54) is 23.6 Å². The summed E-state index contributed by atoms with van der Waals surface area (Å²) in [7, 11) is 0. The highest BCUT2D eigenvalue weighted by Gasteiger charge is 2.28. The summed E-state index contributed by atoms with van der Waals surface area (Å²) in [6.45, 7) is 0. The van der Waals surface area contributed by atoms with E-state index in [1.54, 1.807) is 0 Å². The Morgan fingerprint density at radius 3 is 2.86 bits per heavy atom. The molecule has 1 saturated carbocycles. The van der Waals surface area contributed by atoms with Crippen molar-refractivity contribution in [2.24, 2.45) is 5.73 Å². The fourth-order valence-electron chi connectivity index (χ4n) is 3.95. The minimum atomic E-state index is -0.559. The van der Waals surface area contributed by atoms with Crippen molar-refractivity contribution in [3.05, 3.63) is 47.7 Å². The second-order valence-electron chi connectivity index (χ2n) is 7.40. The number of aromatic nitrogens is 7. The van der Waals surface area contributed by atoms with Crippen LogP contribution in [0, 0.1) is 0 Å². The topological polar surface area (TPSA) is 109 Å². The highest BCUT2D eigenvalue weighted by atomic mass is 16.1. The number of nitrogens with zero attached hydrogens (tertiary/aromatic N) is 7. The van der Waals surface area contributed by atoms with Crippen molar-refractivity contribution < 1.29 is 4.79 Å². The summed E-state index contributed by atoms with van der Waals surface area (Å²) < 4.78 is 5.58. The third kappa shape index (κ3) is 2.22. The first kappa shape index (κ1) is 15.6. The van der Waals surface area contributed by atoms with Crippen LogP contribution in [0.4, 0.5) is 0 Å². The van der Waals surface area contributed by atoms with Gasteiger partial charge in [-0.15, -0.1) is 5.10 Å². The van der Waals surface area contributed by atoms with E-state index in [0.717, 1.165) is 42.2 Å². The fraction of sp³-hybridized carbons (Fsp3) is 0.316. The number of nitrogens with two attached hydrogens (primary N) is 1. The molecule has 140 valence electrons. The number of hydrogen-bond donors (Lipinski definition) is 1. The largest absolute Gasteiger partial charge is 0.364 e. The van der Waals surface area contributed by atoms with Crippen LogP contribution in [0.5, 0.6) is 0 Å². The summed E-state index contributed by atoms with van der Waals surface area (Å²) in [5.74, 6) is 0.910. The Bertz CT molecular complexity index is 1240. The molecule has 1 fully saturated rings. The van der Waals surface area contributed by atoms with Gasteiger partial charge in [-0.1, -0.05) is 0 Å². The van der Waals surface area contributed by atoms with Crippen LogP contribution in [0.15, 0.2) is 30.6 Å². The average Bonchev–Trinajstić information content (AvgIpc) is 3.08. The van der Waals surface area contributed by atoms with Gasteiger partial charge in [-0.25, -0.2) is 14.5 Å². The standard InChI is InChI=1S/C19H18N8O/c20-18(28)15-10-21-16-6-7-17(24-27(15)16)26-14-3-1-2-12(14)22-19(26)13-8-9-25(23-13)11-4-5-11/h6-11H,1-5H2,(H2,20,28). The molecule has 2 aliphatic carbocycles. The van der Waals surface area contributed by atoms with Crippen molar-refractivity contribution in [1.82, 2.24) is 33.9 Å². The van der Waals surface area contributed by atoms with Gasteiger partial charge in [-0.3, -0.25) is 14.0 Å². The van der Waals surface area contributed by atoms with Gasteiger partial charge in [0.25, 0.3) is 5.91 Å². The summed E-state index contributed by atoms with van der Waals surface area (Å²) in [6.07, 6.45) is 8.81. The summed E-state index contributed by atoms with van der Waals surface area (Å²) in [4.78, 5) is 20.8. The van der Waals surface area contributed by atoms with Crippen LogP contribution in [-0.4, -0.2) is 39.8 Å². The molecule has 6 rings (SSSR count). The monoisotopic (exact) mass is 374 g/mol. The zero-order valence-electron chi connectivity index (χ0n) is 15.1. The van der Waals surface area contributed by atoms with E-state index in [2.05, 4.69) is 14.6 Å². The molecule has 28 heavy (non-hydrogen) atoms. The minimum Gasteiger partial charge on any atom is -0.364 e. The van der Waals surface area contributed by atoms with Crippen molar-refractivity contribution in [2.45, 2.75) is 38.1 Å². The molecule has 0 bridgehead atoms. The van der Waals surface area contributed by atoms with Gasteiger partial charge in [0.2, 0.25) is 0 Å². The van der Waals surface area contributed by atoms with E-state index < -0.39 is 5.91 Å². The van der Waals surface area contributed by atoms with Gasteiger partial charge in [0, 0.05) is 11.9 Å². The summed E-state index contributed by atoms with van der Waals surface area (Å²) >= 11 is 0. The second-order valence-corrected chi connectivity index (χ2v) is 7.40. The third-order valence-electron chi connectivity index (χ3n) is 5.47. The summed E-state index contributed by atoms with van der Waals surface area (Å²) in [6, 6.07) is 6.26. The molecule has 0 radical (unpaired) electrons. The average molecular weight is 374 g/mol. The Morgan fingerprint density at radius 1 is 1.14 bits per heavy atom. The number of hydrogen-bond acceptors (Lipinski definition) is 5. The molecule has 0 aliphatic heterocycles. The number of amides is 1. The maximum absolute atomic E-state index is 11.7. The molecular weight excluding hydrogens is 356 g/mol. The van der Waals surface area contributed by atoms with Gasteiger partial charge in [0.05, 0.1) is 17.9 Å². The zero-order valence-corrected chi connectivity index (χ0v) is 15.1. The predicted octanol–water partition coefficient (Wildman–Crippen LogP) is 1.70. The molecule has 9 nitrogen and oxygen atoms in total. The molecule has 0 saturated heterocycles. The maximum atomic E-state index is 11.7. The quantitative estimate of drug-likeness (QED) is 0.585. The number of carbonyl (C=O) groups excluding carboxylic acids is 1. The minimum absolute atomic E-state index is 0.258. The molecule has 4 aromatic heterocycles. The van der Waals surface area contributed by atoms with Gasteiger partial charge < -0.3 is 5.73 Å². The van der Waals surface area contributed by atoms with Crippen molar-refractivity contribution in [3.8, 4) is 17.3 Å². The Balaban J connectivity index is 1.55. The molecule has 2 N–H and O–H groups in total. The molecule has 0 aromatic carbocycles. The van der Waals surface area contributed by atoms with Crippen molar-refractivity contribution >= 4 is 11.6 Å². The van der Waals surface area contributed by atoms with E-state index >= 15 is 0 Å². The first-order valence-corrected chi connectivity index (χ1v) is 9.50. The van der Waals surface area contributed by atoms with Crippen LogP contribution in [0.3, 0.4) is 0 Å². The predicted molar refractivity (Wildman–Crippen MR) is 100 cm³/mol. The normalized spacial score (nSPS) is 16.0. The van der Waals surface area contributed by atoms with Gasteiger partial charge in [0.15, 0.2) is 17.3 Å². The van der Waals surface area contributed by atoms with Crippen LogP contribution in [0.1, 0.15) is 47.2 Å². The Hall–Kier alpha value is -3.49. The van der Waals surface area contributed by atoms with Crippen LogP contribution >= 0.6 is 0 Å². The maximum Gasteiger partial charge on any atom is 0.269 e. The lowest BCUT2D eigenvalue weighted by molar-refractivity contribution is 0.0993. The third-order valence-corrected chi connectivity index (χ3v) is 5.47. The number of primary amides is 1. The van der Waals surface area contributed by atoms with Crippen LogP contribution in [0.25, 0.3) is 23.0 Å². The van der Waals surface area contributed by atoms with Crippen molar-refractivity contribution in [2.75, 3.05) is 0 Å². The van der Waals surface area contributed by atoms with E-state index in [1.807, 2.05) is 29.1 Å². The highest BCUT2D eigenvalue weighted by Crippen LogP contribution is 2.36. The highest BCUT2D eigenvalue weighted by molar-refractivity contribution is 5.91. The molecule has 4 aromatic rings. The lowest BCUT2D eigenvalue weighted by atomic mass is 10.3. The summed E-state index contributed by atoms with van der Waals surface area (Å²) in [5.41, 5.74) is 9.39. The first-order valence-electron chi connectivity index (χ1n) is 9.50. The molecule has 0 spiro atoms. The molecular formula is C19H18N8O. The molecule has 0 unspecified atom stereocenters.